The first-order chi connectivity index (χ1) is 14.9. The molecule has 160 valence electrons. The molecule has 1 aliphatic heterocycles. The summed E-state index contributed by atoms with van der Waals surface area (Å²) in [4.78, 5) is 15.1. The molecule has 1 atom stereocenters. The number of rotatable bonds is 6. The number of fused-ring (bicyclic) bond motifs is 1. The number of sulfonamides is 1. The summed E-state index contributed by atoms with van der Waals surface area (Å²) in [7, 11) is -2.14. The molecule has 0 radical (unpaired) electrons. The van der Waals surface area contributed by atoms with Gasteiger partial charge in [-0.15, -0.1) is 0 Å². The molecule has 0 saturated heterocycles. The monoisotopic (exact) mass is 436 g/mol. The van der Waals surface area contributed by atoms with Gasteiger partial charge in [-0.25, -0.2) is 13.1 Å². The van der Waals surface area contributed by atoms with E-state index in [0.29, 0.717) is 11.3 Å². The zero-order valence-electron chi connectivity index (χ0n) is 17.4. The number of nitrogens with zero attached hydrogens (tertiary/aromatic N) is 1. The van der Waals surface area contributed by atoms with Gasteiger partial charge in [-0.05, 0) is 66.9 Å². The molecule has 31 heavy (non-hydrogen) atoms. The lowest BCUT2D eigenvalue weighted by molar-refractivity contribution is 0.0981. The molecule has 4 rings (SSSR count). The lowest BCUT2D eigenvalue weighted by atomic mass is 10.1. The number of carbonyl (C=O) groups is 1. The van der Waals surface area contributed by atoms with Gasteiger partial charge in [0.25, 0.3) is 5.91 Å². The molecule has 7 heteroatoms. The predicted molar refractivity (Wildman–Crippen MR) is 120 cm³/mol. The Bertz CT molecular complexity index is 1190. The fourth-order valence-electron chi connectivity index (χ4n) is 3.81. The Morgan fingerprint density at radius 2 is 1.77 bits per heavy atom. The minimum absolute atomic E-state index is 0.0361. The minimum atomic E-state index is -3.67. The molecule has 0 aliphatic carbocycles. The molecule has 0 bridgehead atoms. The Morgan fingerprint density at radius 3 is 2.45 bits per heavy atom. The third-order valence-electron chi connectivity index (χ3n) is 5.44. The molecule has 6 nitrogen and oxygen atoms in total. The fraction of sp³-hybridized carbons (Fsp3) is 0.208. The summed E-state index contributed by atoms with van der Waals surface area (Å²) >= 11 is 0. The van der Waals surface area contributed by atoms with Crippen molar-refractivity contribution >= 4 is 21.6 Å². The first-order valence-electron chi connectivity index (χ1n) is 10.0. The number of benzene rings is 3. The third-order valence-corrected chi connectivity index (χ3v) is 6.86. The molecule has 0 unspecified atom stereocenters. The number of ether oxygens (including phenoxy) is 1. The predicted octanol–water partition coefficient (Wildman–Crippen LogP) is 3.77. The highest BCUT2D eigenvalue weighted by Crippen LogP contribution is 2.34. The molecular weight excluding hydrogens is 412 g/mol. The average molecular weight is 437 g/mol. The number of hydrogen-bond donors (Lipinski definition) is 1. The number of amides is 1. The Kier molecular flexibility index (Phi) is 5.80. The summed E-state index contributed by atoms with van der Waals surface area (Å²) in [6, 6.07) is 21.2. The molecule has 0 saturated carbocycles. The molecule has 1 heterocycles. The summed E-state index contributed by atoms with van der Waals surface area (Å²) < 4.78 is 33.0. The van der Waals surface area contributed by atoms with Gasteiger partial charge >= 0.3 is 0 Å². The standard InChI is InChI=1S/C24H24N2O4S/c1-17-14-20-9-8-18(15-23(20)26(17)24(27)19-6-4-3-5-7-19)16-25-31(28,29)22-12-10-21(30-2)11-13-22/h3-13,15,17,25H,14,16H2,1-2H3/t17-/m1/s1. The van der Waals surface area contributed by atoms with E-state index in [0.717, 1.165) is 23.2 Å². The second-order valence-corrected chi connectivity index (χ2v) is 9.32. The van der Waals surface area contributed by atoms with Crippen LogP contribution < -0.4 is 14.4 Å². The molecule has 1 N–H and O–H groups in total. The van der Waals surface area contributed by atoms with Gasteiger partial charge < -0.3 is 9.64 Å². The number of methoxy groups -OCH3 is 1. The highest BCUT2D eigenvalue weighted by molar-refractivity contribution is 7.89. The summed E-state index contributed by atoms with van der Waals surface area (Å²) in [6.45, 7) is 2.15. The summed E-state index contributed by atoms with van der Waals surface area (Å²) in [5.41, 5.74) is 3.34. The summed E-state index contributed by atoms with van der Waals surface area (Å²) in [5, 5.41) is 0. The van der Waals surface area contributed by atoms with Crippen molar-refractivity contribution in [2.24, 2.45) is 0 Å². The van der Waals surface area contributed by atoms with Crippen LogP contribution >= 0.6 is 0 Å². The van der Waals surface area contributed by atoms with E-state index in [1.165, 1.54) is 19.2 Å². The molecule has 0 aromatic heterocycles. The van der Waals surface area contributed by atoms with Crippen LogP contribution in [0.2, 0.25) is 0 Å². The van der Waals surface area contributed by atoms with Crippen LogP contribution in [0.15, 0.2) is 77.7 Å². The second-order valence-electron chi connectivity index (χ2n) is 7.56. The maximum absolute atomic E-state index is 13.1. The van der Waals surface area contributed by atoms with Crippen molar-refractivity contribution in [1.29, 1.82) is 0 Å². The Balaban J connectivity index is 1.54. The number of hydrogen-bond acceptors (Lipinski definition) is 4. The van der Waals surface area contributed by atoms with E-state index >= 15 is 0 Å². The van der Waals surface area contributed by atoms with Crippen molar-refractivity contribution in [2.45, 2.75) is 30.8 Å². The van der Waals surface area contributed by atoms with E-state index in [1.807, 2.05) is 43.3 Å². The Morgan fingerprint density at radius 1 is 1.06 bits per heavy atom. The van der Waals surface area contributed by atoms with Gasteiger partial charge in [0.2, 0.25) is 10.0 Å². The Labute approximate surface area is 182 Å². The van der Waals surface area contributed by atoms with Gasteiger partial charge in [0.05, 0.1) is 12.0 Å². The molecule has 3 aromatic carbocycles. The van der Waals surface area contributed by atoms with Crippen LogP contribution in [-0.4, -0.2) is 27.5 Å². The highest BCUT2D eigenvalue weighted by Gasteiger charge is 2.31. The van der Waals surface area contributed by atoms with Crippen LogP contribution in [0.4, 0.5) is 5.69 Å². The first-order valence-corrected chi connectivity index (χ1v) is 11.5. The van der Waals surface area contributed by atoms with Crippen LogP contribution in [0.5, 0.6) is 5.75 Å². The summed E-state index contributed by atoms with van der Waals surface area (Å²) in [6.07, 6.45) is 0.770. The highest BCUT2D eigenvalue weighted by atomic mass is 32.2. The topological polar surface area (TPSA) is 75.7 Å². The number of anilines is 1. The van der Waals surface area contributed by atoms with Crippen LogP contribution in [-0.2, 0) is 23.0 Å². The van der Waals surface area contributed by atoms with E-state index in [4.69, 9.17) is 4.74 Å². The van der Waals surface area contributed by atoms with Gasteiger partial charge in [0, 0.05) is 23.8 Å². The smallest absolute Gasteiger partial charge is 0.258 e. The normalized spacial score (nSPS) is 15.5. The Hall–Kier alpha value is -3.16. The van der Waals surface area contributed by atoms with Gasteiger partial charge in [-0.1, -0.05) is 30.3 Å². The van der Waals surface area contributed by atoms with E-state index < -0.39 is 10.0 Å². The molecular formula is C24H24N2O4S. The van der Waals surface area contributed by atoms with Crippen LogP contribution in [0.1, 0.15) is 28.4 Å². The summed E-state index contributed by atoms with van der Waals surface area (Å²) in [5.74, 6) is 0.540. The molecule has 0 fully saturated rings. The maximum atomic E-state index is 13.1. The van der Waals surface area contributed by atoms with Crippen molar-refractivity contribution in [3.63, 3.8) is 0 Å². The third kappa shape index (κ3) is 4.33. The van der Waals surface area contributed by atoms with Crippen molar-refractivity contribution in [2.75, 3.05) is 12.0 Å². The maximum Gasteiger partial charge on any atom is 0.258 e. The van der Waals surface area contributed by atoms with Crippen molar-refractivity contribution in [1.82, 2.24) is 4.72 Å². The zero-order valence-corrected chi connectivity index (χ0v) is 18.2. The molecule has 1 aliphatic rings. The van der Waals surface area contributed by atoms with Crippen molar-refractivity contribution in [3.05, 3.63) is 89.5 Å². The van der Waals surface area contributed by atoms with Gasteiger partial charge in [0.1, 0.15) is 5.75 Å². The van der Waals surface area contributed by atoms with E-state index in [9.17, 15) is 13.2 Å². The first kappa shape index (κ1) is 21.1. The lowest BCUT2D eigenvalue weighted by Crippen LogP contribution is -2.35. The van der Waals surface area contributed by atoms with Crippen molar-refractivity contribution < 1.29 is 17.9 Å². The van der Waals surface area contributed by atoms with Gasteiger partial charge in [-0.3, -0.25) is 4.79 Å². The second kappa shape index (κ2) is 8.53. The molecule has 1 amide bonds. The average Bonchev–Trinajstić information content (AvgIpc) is 3.12. The quantitative estimate of drug-likeness (QED) is 0.638. The SMILES string of the molecule is COc1ccc(S(=O)(=O)NCc2ccc3c(c2)N(C(=O)c2ccccc2)[C@H](C)C3)cc1. The van der Waals surface area contributed by atoms with Crippen LogP contribution in [0.3, 0.4) is 0 Å². The van der Waals surface area contributed by atoms with E-state index in [1.54, 1.807) is 29.2 Å². The van der Waals surface area contributed by atoms with E-state index in [2.05, 4.69) is 4.72 Å². The van der Waals surface area contributed by atoms with Gasteiger partial charge in [0.15, 0.2) is 0 Å². The molecule has 0 spiro atoms. The van der Waals surface area contributed by atoms with Crippen molar-refractivity contribution in [3.8, 4) is 5.75 Å². The lowest BCUT2D eigenvalue weighted by Gasteiger charge is -2.23. The minimum Gasteiger partial charge on any atom is -0.497 e. The van der Waals surface area contributed by atoms with Gasteiger partial charge in [-0.2, -0.15) is 0 Å². The molecule has 3 aromatic rings. The number of nitrogens with one attached hydrogen (secondary N) is 1. The van der Waals surface area contributed by atoms with Crippen LogP contribution in [0, 0.1) is 0 Å². The zero-order chi connectivity index (χ0) is 22.0. The number of carbonyl (C=O) groups excluding carboxylic acids is 1. The van der Waals surface area contributed by atoms with E-state index in [-0.39, 0.29) is 23.4 Å². The van der Waals surface area contributed by atoms with Crippen LogP contribution in [0.25, 0.3) is 0 Å². The largest absolute Gasteiger partial charge is 0.497 e. The fourth-order valence-corrected chi connectivity index (χ4v) is 4.83.